The summed E-state index contributed by atoms with van der Waals surface area (Å²) in [7, 11) is 0. The minimum Gasteiger partial charge on any atom is -0.494 e. The number of carbonyl (C=O) groups excluding carboxylic acids is 1. The second-order valence-electron chi connectivity index (χ2n) is 5.35. The number of carbonyl (C=O) groups is 1. The molecule has 2 aromatic rings. The Kier molecular flexibility index (Phi) is 6.47. The van der Waals surface area contributed by atoms with Gasteiger partial charge in [0.15, 0.2) is 0 Å². The molecule has 0 saturated carbocycles. The van der Waals surface area contributed by atoms with Gasteiger partial charge in [-0.05, 0) is 49.6 Å². The van der Waals surface area contributed by atoms with Crippen molar-refractivity contribution in [1.82, 2.24) is 0 Å². The minimum absolute atomic E-state index is 0.0586. The number of nitrogens with zero attached hydrogens (tertiary/aromatic N) is 1. The molecule has 0 unspecified atom stereocenters. The van der Waals surface area contributed by atoms with Gasteiger partial charge in [-0.2, -0.15) is 0 Å². The van der Waals surface area contributed by atoms with Crippen LogP contribution in [-0.2, 0) is 6.42 Å². The second-order valence-corrected chi connectivity index (χ2v) is 5.35. The van der Waals surface area contributed by atoms with E-state index in [0.29, 0.717) is 30.9 Å². The van der Waals surface area contributed by atoms with Gasteiger partial charge in [0, 0.05) is 18.4 Å². The molecule has 7 nitrogen and oxygen atoms in total. The van der Waals surface area contributed by atoms with Gasteiger partial charge < -0.3 is 15.2 Å². The maximum absolute atomic E-state index is 12.5. The Hall–Kier alpha value is -2.93. The van der Waals surface area contributed by atoms with Crippen LogP contribution in [0.1, 0.15) is 29.3 Å². The van der Waals surface area contributed by atoms with Crippen LogP contribution >= 0.6 is 0 Å². The van der Waals surface area contributed by atoms with Crippen LogP contribution in [-0.4, -0.2) is 29.2 Å². The van der Waals surface area contributed by atoms with Crippen molar-refractivity contribution in [3.8, 4) is 5.75 Å². The van der Waals surface area contributed by atoms with Crippen LogP contribution in [0, 0.1) is 10.1 Å². The van der Waals surface area contributed by atoms with E-state index in [1.54, 1.807) is 25.1 Å². The summed E-state index contributed by atoms with van der Waals surface area (Å²) in [5, 5.41) is 22.8. The van der Waals surface area contributed by atoms with E-state index < -0.39 is 10.8 Å². The molecule has 0 aliphatic heterocycles. The first-order valence-corrected chi connectivity index (χ1v) is 7.97. The van der Waals surface area contributed by atoms with Gasteiger partial charge in [-0.1, -0.05) is 12.1 Å². The third kappa shape index (κ3) is 5.02. The largest absolute Gasteiger partial charge is 0.494 e. The van der Waals surface area contributed by atoms with Crippen molar-refractivity contribution >= 4 is 17.3 Å². The topological polar surface area (TPSA) is 102 Å². The molecule has 132 valence electrons. The summed E-state index contributed by atoms with van der Waals surface area (Å²) in [6.45, 7) is 2.28. The standard InChI is InChI=1S/C18H20N2O5/c1-2-25-15-8-9-17(20(23)24)16(12-15)18(22)19-14-7-3-5-13(11-14)6-4-10-21/h3,5,7-9,11-12,21H,2,4,6,10H2,1H3,(H,19,22). The number of anilines is 1. The molecule has 0 aliphatic rings. The van der Waals surface area contributed by atoms with Crippen molar-refractivity contribution in [3.05, 3.63) is 63.7 Å². The Morgan fingerprint density at radius 3 is 2.76 bits per heavy atom. The highest BCUT2D eigenvalue weighted by molar-refractivity contribution is 6.07. The molecular formula is C18H20N2O5. The SMILES string of the molecule is CCOc1ccc([N+](=O)[O-])c(C(=O)Nc2cccc(CCCO)c2)c1. The monoisotopic (exact) mass is 344 g/mol. The average molecular weight is 344 g/mol. The molecule has 0 aromatic heterocycles. The van der Waals surface area contributed by atoms with E-state index in [9.17, 15) is 14.9 Å². The number of nitrogens with one attached hydrogen (secondary N) is 1. The molecule has 2 aromatic carbocycles. The quantitative estimate of drug-likeness (QED) is 0.566. The normalized spacial score (nSPS) is 10.3. The summed E-state index contributed by atoms with van der Waals surface area (Å²) in [6.07, 6.45) is 1.31. The molecule has 0 bridgehead atoms. The number of rotatable bonds is 8. The number of aliphatic hydroxyl groups excluding tert-OH is 1. The average Bonchev–Trinajstić information content (AvgIpc) is 2.60. The first-order valence-electron chi connectivity index (χ1n) is 7.97. The fraction of sp³-hybridized carbons (Fsp3) is 0.278. The number of aliphatic hydroxyl groups is 1. The zero-order valence-electron chi connectivity index (χ0n) is 13.9. The number of nitro benzene ring substituents is 1. The van der Waals surface area contributed by atoms with Crippen molar-refractivity contribution in [3.63, 3.8) is 0 Å². The number of nitro groups is 1. The van der Waals surface area contributed by atoms with Gasteiger partial charge in [0.25, 0.3) is 11.6 Å². The Morgan fingerprint density at radius 1 is 1.28 bits per heavy atom. The fourth-order valence-electron chi connectivity index (χ4n) is 2.40. The molecule has 0 fully saturated rings. The predicted molar refractivity (Wildman–Crippen MR) is 94.1 cm³/mol. The third-order valence-corrected chi connectivity index (χ3v) is 3.53. The summed E-state index contributed by atoms with van der Waals surface area (Å²) in [6, 6.07) is 11.3. The maximum Gasteiger partial charge on any atom is 0.282 e. The second kappa shape index (κ2) is 8.79. The molecule has 0 radical (unpaired) electrons. The maximum atomic E-state index is 12.5. The van der Waals surface area contributed by atoms with Gasteiger partial charge in [-0.15, -0.1) is 0 Å². The van der Waals surface area contributed by atoms with Gasteiger partial charge in [0.1, 0.15) is 11.3 Å². The van der Waals surface area contributed by atoms with E-state index in [0.717, 1.165) is 5.56 Å². The number of amides is 1. The lowest BCUT2D eigenvalue weighted by Gasteiger charge is -2.09. The van der Waals surface area contributed by atoms with Crippen LogP contribution in [0.25, 0.3) is 0 Å². The van der Waals surface area contributed by atoms with Gasteiger partial charge in [-0.25, -0.2) is 0 Å². The number of benzene rings is 2. The van der Waals surface area contributed by atoms with Crippen LogP contribution < -0.4 is 10.1 Å². The van der Waals surface area contributed by atoms with Crippen LogP contribution in [0.15, 0.2) is 42.5 Å². The molecule has 25 heavy (non-hydrogen) atoms. The lowest BCUT2D eigenvalue weighted by atomic mass is 10.1. The van der Waals surface area contributed by atoms with E-state index in [4.69, 9.17) is 9.84 Å². The van der Waals surface area contributed by atoms with Gasteiger partial charge >= 0.3 is 0 Å². The van der Waals surface area contributed by atoms with Crippen molar-refractivity contribution in [2.75, 3.05) is 18.5 Å². The number of hydrogen-bond donors (Lipinski definition) is 2. The van der Waals surface area contributed by atoms with Crippen LogP contribution in [0.3, 0.4) is 0 Å². The molecular weight excluding hydrogens is 324 g/mol. The molecule has 7 heteroatoms. The van der Waals surface area contributed by atoms with E-state index >= 15 is 0 Å². The Labute approximate surface area is 145 Å². The molecule has 1 amide bonds. The Morgan fingerprint density at radius 2 is 2.08 bits per heavy atom. The summed E-state index contributed by atoms with van der Waals surface area (Å²) in [5.41, 5.74) is 1.16. The first kappa shape index (κ1) is 18.4. The summed E-state index contributed by atoms with van der Waals surface area (Å²) < 4.78 is 5.32. The summed E-state index contributed by atoms with van der Waals surface area (Å²) >= 11 is 0. The highest BCUT2D eigenvalue weighted by atomic mass is 16.6. The Bertz CT molecular complexity index is 761. The lowest BCUT2D eigenvalue weighted by Crippen LogP contribution is -2.14. The summed E-state index contributed by atoms with van der Waals surface area (Å²) in [5.74, 6) is -0.178. The van der Waals surface area contributed by atoms with E-state index in [2.05, 4.69) is 5.32 Å². The first-order chi connectivity index (χ1) is 12.0. The highest BCUT2D eigenvalue weighted by Gasteiger charge is 2.21. The molecule has 0 saturated heterocycles. The molecule has 0 spiro atoms. The van der Waals surface area contributed by atoms with Gasteiger partial charge in [0.05, 0.1) is 11.5 Å². The highest BCUT2D eigenvalue weighted by Crippen LogP contribution is 2.25. The molecule has 2 rings (SSSR count). The number of ether oxygens (including phenoxy) is 1. The summed E-state index contributed by atoms with van der Waals surface area (Å²) in [4.78, 5) is 23.1. The Balaban J connectivity index is 2.25. The van der Waals surface area contributed by atoms with E-state index in [-0.39, 0.29) is 17.9 Å². The van der Waals surface area contributed by atoms with Crippen LogP contribution in [0.5, 0.6) is 5.75 Å². The fourth-order valence-corrected chi connectivity index (χ4v) is 2.40. The minimum atomic E-state index is -0.595. The van der Waals surface area contributed by atoms with Crippen molar-refractivity contribution in [1.29, 1.82) is 0 Å². The number of hydrogen-bond acceptors (Lipinski definition) is 5. The van der Waals surface area contributed by atoms with Gasteiger partial charge in [0.2, 0.25) is 0 Å². The van der Waals surface area contributed by atoms with Crippen LogP contribution in [0.4, 0.5) is 11.4 Å². The van der Waals surface area contributed by atoms with E-state index in [1.807, 2.05) is 6.07 Å². The van der Waals surface area contributed by atoms with Crippen molar-refractivity contribution in [2.24, 2.45) is 0 Å². The molecule has 2 N–H and O–H groups in total. The number of aryl methyl sites for hydroxylation is 1. The lowest BCUT2D eigenvalue weighted by molar-refractivity contribution is -0.385. The molecule has 0 aliphatic carbocycles. The van der Waals surface area contributed by atoms with Gasteiger partial charge in [-0.3, -0.25) is 14.9 Å². The van der Waals surface area contributed by atoms with Crippen molar-refractivity contribution < 1.29 is 19.6 Å². The zero-order chi connectivity index (χ0) is 18.2. The predicted octanol–water partition coefficient (Wildman–Crippen LogP) is 3.17. The van der Waals surface area contributed by atoms with Crippen LogP contribution in [0.2, 0.25) is 0 Å². The smallest absolute Gasteiger partial charge is 0.282 e. The van der Waals surface area contributed by atoms with E-state index in [1.165, 1.54) is 18.2 Å². The molecule has 0 atom stereocenters. The third-order valence-electron chi connectivity index (χ3n) is 3.53. The van der Waals surface area contributed by atoms with Crippen molar-refractivity contribution in [2.45, 2.75) is 19.8 Å². The zero-order valence-corrected chi connectivity index (χ0v) is 13.9. The molecule has 0 heterocycles.